The van der Waals surface area contributed by atoms with E-state index in [2.05, 4.69) is 4.98 Å². The minimum atomic E-state index is -1.19. The van der Waals surface area contributed by atoms with Gasteiger partial charge in [0.2, 0.25) is 17.1 Å². The molecule has 1 aliphatic rings. The topological polar surface area (TPSA) is 68.4 Å². The minimum absolute atomic E-state index is 0.223. The van der Waals surface area contributed by atoms with Crippen LogP contribution in [-0.4, -0.2) is 24.5 Å². The second kappa shape index (κ2) is 5.19. The van der Waals surface area contributed by atoms with Crippen molar-refractivity contribution in [1.29, 1.82) is 0 Å². The second-order valence-electron chi connectivity index (χ2n) is 5.20. The maximum atomic E-state index is 12.7. The monoisotopic (exact) mass is 299 g/mol. The van der Waals surface area contributed by atoms with Gasteiger partial charge in [-0.05, 0) is 19.4 Å². The lowest BCUT2D eigenvalue weighted by Crippen LogP contribution is -2.42. The second-order valence-corrected chi connectivity index (χ2v) is 5.20. The predicted octanol–water partition coefficient (Wildman–Crippen LogP) is 2.11. The van der Waals surface area contributed by atoms with Gasteiger partial charge in [-0.2, -0.15) is 0 Å². The third kappa shape index (κ3) is 1.86. The van der Waals surface area contributed by atoms with Crippen LogP contribution in [0.5, 0.6) is 0 Å². The molecule has 0 fully saturated rings. The largest absolute Gasteiger partial charge is 0.345 e. The molecule has 0 spiro atoms. The number of ether oxygens (including phenoxy) is 2. The Kier molecular flexibility index (Phi) is 3.47. The highest BCUT2D eigenvalue weighted by molar-refractivity contribution is 6.11. The number of aromatic amines is 1. The molecule has 114 valence electrons. The summed E-state index contributed by atoms with van der Waals surface area (Å²) in [5.41, 5.74) is 2.29. The van der Waals surface area contributed by atoms with Crippen molar-refractivity contribution in [3.05, 3.63) is 68.6 Å². The van der Waals surface area contributed by atoms with E-state index in [-0.39, 0.29) is 17.0 Å². The van der Waals surface area contributed by atoms with Crippen molar-refractivity contribution >= 4 is 5.78 Å². The standard InChI is InChI=1S/C17H17NO4/c1-4-22-17(21-3)12-8-6-5-7-11(12)16(20)15-14(17)10(2)9-13(19)18-15/h5-9H,4H2,1-3H3,(H,18,19)/t17-/m0/s1. The summed E-state index contributed by atoms with van der Waals surface area (Å²) in [5, 5.41) is 0. The summed E-state index contributed by atoms with van der Waals surface area (Å²) in [7, 11) is 1.54. The van der Waals surface area contributed by atoms with Crippen LogP contribution >= 0.6 is 0 Å². The lowest BCUT2D eigenvalue weighted by Gasteiger charge is -2.38. The van der Waals surface area contributed by atoms with Crippen molar-refractivity contribution in [2.75, 3.05) is 13.7 Å². The molecule has 1 aromatic carbocycles. The first kappa shape index (κ1) is 14.7. The number of benzene rings is 1. The van der Waals surface area contributed by atoms with Crippen LogP contribution in [0.3, 0.4) is 0 Å². The zero-order valence-electron chi connectivity index (χ0n) is 12.7. The van der Waals surface area contributed by atoms with Crippen LogP contribution in [0.15, 0.2) is 35.1 Å². The van der Waals surface area contributed by atoms with Crippen molar-refractivity contribution in [2.45, 2.75) is 19.6 Å². The molecule has 5 heteroatoms. The number of pyridine rings is 1. The fourth-order valence-electron chi connectivity index (χ4n) is 3.14. The predicted molar refractivity (Wildman–Crippen MR) is 81.1 cm³/mol. The van der Waals surface area contributed by atoms with Gasteiger partial charge in [0, 0.05) is 36.5 Å². The molecule has 2 aromatic rings. The van der Waals surface area contributed by atoms with Gasteiger partial charge in [-0.1, -0.05) is 24.3 Å². The van der Waals surface area contributed by atoms with Crippen molar-refractivity contribution in [3.63, 3.8) is 0 Å². The number of nitrogens with one attached hydrogen (secondary N) is 1. The number of aryl methyl sites for hydroxylation is 1. The lowest BCUT2D eigenvalue weighted by molar-refractivity contribution is -0.200. The number of fused-ring (bicyclic) bond motifs is 2. The van der Waals surface area contributed by atoms with Gasteiger partial charge in [-0.15, -0.1) is 0 Å². The molecular weight excluding hydrogens is 282 g/mol. The number of carbonyl (C=O) groups excluding carboxylic acids is 1. The van der Waals surface area contributed by atoms with Gasteiger partial charge in [-0.25, -0.2) is 0 Å². The van der Waals surface area contributed by atoms with Crippen LogP contribution < -0.4 is 5.56 Å². The van der Waals surface area contributed by atoms with E-state index in [0.717, 1.165) is 0 Å². The van der Waals surface area contributed by atoms with Gasteiger partial charge < -0.3 is 14.5 Å². The first-order valence-corrected chi connectivity index (χ1v) is 7.13. The van der Waals surface area contributed by atoms with Gasteiger partial charge in [0.05, 0.1) is 5.69 Å². The maximum Gasteiger partial charge on any atom is 0.248 e. The summed E-state index contributed by atoms with van der Waals surface area (Å²) in [6.45, 7) is 4.04. The van der Waals surface area contributed by atoms with E-state index in [1.165, 1.54) is 13.2 Å². The Morgan fingerprint density at radius 3 is 2.64 bits per heavy atom. The number of H-pyrrole nitrogens is 1. The van der Waals surface area contributed by atoms with Gasteiger partial charge in [0.25, 0.3) is 0 Å². The van der Waals surface area contributed by atoms with E-state index in [4.69, 9.17) is 9.47 Å². The molecule has 0 unspecified atom stereocenters. The van der Waals surface area contributed by atoms with Crippen LogP contribution in [0.2, 0.25) is 0 Å². The highest BCUT2D eigenvalue weighted by atomic mass is 16.7. The smallest absolute Gasteiger partial charge is 0.248 e. The summed E-state index contributed by atoms with van der Waals surface area (Å²) in [5.74, 6) is -1.41. The first-order valence-electron chi connectivity index (χ1n) is 7.13. The Hall–Kier alpha value is -2.24. The lowest BCUT2D eigenvalue weighted by atomic mass is 9.81. The third-order valence-electron chi connectivity index (χ3n) is 3.96. The Balaban J connectivity index is 2.44. The zero-order chi connectivity index (χ0) is 15.9. The number of methoxy groups -OCH3 is 1. The zero-order valence-corrected chi connectivity index (χ0v) is 12.7. The molecule has 0 aliphatic heterocycles. The molecule has 0 amide bonds. The molecule has 0 radical (unpaired) electrons. The van der Waals surface area contributed by atoms with Crippen molar-refractivity contribution in [1.82, 2.24) is 4.98 Å². The fourth-order valence-corrected chi connectivity index (χ4v) is 3.14. The van der Waals surface area contributed by atoms with Crippen molar-refractivity contribution in [2.24, 2.45) is 0 Å². The first-order chi connectivity index (χ1) is 10.5. The average molecular weight is 299 g/mol. The van der Waals surface area contributed by atoms with E-state index in [1.54, 1.807) is 19.1 Å². The van der Waals surface area contributed by atoms with Gasteiger partial charge in [0.15, 0.2) is 0 Å². The quantitative estimate of drug-likeness (QED) is 0.881. The molecule has 1 aromatic heterocycles. The number of hydrogen-bond donors (Lipinski definition) is 1. The summed E-state index contributed by atoms with van der Waals surface area (Å²) in [6.07, 6.45) is 0. The van der Waals surface area contributed by atoms with E-state index < -0.39 is 5.79 Å². The maximum absolute atomic E-state index is 12.7. The molecular formula is C17H17NO4. The summed E-state index contributed by atoms with van der Waals surface area (Å²) in [4.78, 5) is 27.2. The number of ketones is 1. The van der Waals surface area contributed by atoms with Crippen molar-refractivity contribution in [3.8, 4) is 0 Å². The number of aromatic nitrogens is 1. The van der Waals surface area contributed by atoms with Crippen LogP contribution in [0.1, 0.15) is 39.7 Å². The molecule has 1 aliphatic carbocycles. The van der Waals surface area contributed by atoms with E-state index in [1.807, 2.05) is 19.1 Å². The molecule has 22 heavy (non-hydrogen) atoms. The third-order valence-corrected chi connectivity index (χ3v) is 3.96. The molecule has 5 nitrogen and oxygen atoms in total. The average Bonchev–Trinajstić information content (AvgIpc) is 2.51. The molecule has 0 bridgehead atoms. The number of hydrogen-bond acceptors (Lipinski definition) is 4. The highest BCUT2D eigenvalue weighted by Crippen LogP contribution is 2.43. The van der Waals surface area contributed by atoms with Crippen LogP contribution in [0.4, 0.5) is 0 Å². The Morgan fingerprint density at radius 2 is 1.95 bits per heavy atom. The van der Waals surface area contributed by atoms with Crippen LogP contribution in [0, 0.1) is 6.92 Å². The number of rotatable bonds is 3. The van der Waals surface area contributed by atoms with Crippen molar-refractivity contribution < 1.29 is 14.3 Å². The molecule has 3 rings (SSSR count). The Bertz CT molecular complexity index is 809. The SMILES string of the molecule is CCO[C@@]1(OC)c2ccccc2C(=O)c2[nH]c(=O)cc(C)c21. The fraction of sp³-hybridized carbons (Fsp3) is 0.294. The summed E-state index contributed by atoms with van der Waals surface area (Å²) < 4.78 is 11.7. The normalized spacial score (nSPS) is 19.7. The molecule has 1 N–H and O–H groups in total. The van der Waals surface area contributed by atoms with Crippen LogP contribution in [0.25, 0.3) is 0 Å². The molecule has 1 atom stereocenters. The van der Waals surface area contributed by atoms with Crippen LogP contribution in [-0.2, 0) is 15.3 Å². The molecule has 0 saturated heterocycles. The number of carbonyl (C=O) groups is 1. The minimum Gasteiger partial charge on any atom is -0.345 e. The Labute approximate surface area is 127 Å². The summed E-state index contributed by atoms with van der Waals surface area (Å²) in [6, 6.07) is 8.60. The van der Waals surface area contributed by atoms with Gasteiger partial charge >= 0.3 is 0 Å². The Morgan fingerprint density at radius 1 is 1.23 bits per heavy atom. The summed E-state index contributed by atoms with van der Waals surface area (Å²) >= 11 is 0. The highest BCUT2D eigenvalue weighted by Gasteiger charge is 2.46. The van der Waals surface area contributed by atoms with E-state index in [9.17, 15) is 9.59 Å². The molecule has 0 saturated carbocycles. The molecule has 1 heterocycles. The van der Waals surface area contributed by atoms with Gasteiger partial charge in [-0.3, -0.25) is 9.59 Å². The van der Waals surface area contributed by atoms with Gasteiger partial charge in [0.1, 0.15) is 0 Å². The van der Waals surface area contributed by atoms with E-state index >= 15 is 0 Å². The van der Waals surface area contributed by atoms with E-state index in [0.29, 0.717) is 28.9 Å².